The molecule has 0 aliphatic carbocycles. The minimum atomic E-state index is -0.373. The number of nitrogens with zero attached hydrogens (tertiary/aromatic N) is 1. The average molecular weight is 293 g/mol. The first-order valence-corrected chi connectivity index (χ1v) is 7.09. The van der Waals surface area contributed by atoms with Crippen LogP contribution in [-0.2, 0) is 6.42 Å². The quantitative estimate of drug-likeness (QED) is 0.898. The predicted molar refractivity (Wildman–Crippen MR) is 80.5 cm³/mol. The highest BCUT2D eigenvalue weighted by Crippen LogP contribution is 2.26. The largest absolute Gasteiger partial charge is 0.310 e. The summed E-state index contributed by atoms with van der Waals surface area (Å²) in [6.45, 7) is 4.85. The van der Waals surface area contributed by atoms with E-state index in [0.717, 1.165) is 23.4 Å². The van der Waals surface area contributed by atoms with E-state index in [4.69, 9.17) is 11.6 Å². The molecule has 0 radical (unpaired) electrons. The van der Waals surface area contributed by atoms with Gasteiger partial charge in [0, 0.05) is 17.9 Å². The van der Waals surface area contributed by atoms with Crippen molar-refractivity contribution >= 4 is 11.6 Å². The molecule has 1 aromatic heterocycles. The number of nitrogens with one attached hydrogen (secondary N) is 1. The van der Waals surface area contributed by atoms with Crippen molar-refractivity contribution in [1.82, 2.24) is 10.3 Å². The lowest BCUT2D eigenvalue weighted by Gasteiger charge is -2.20. The SMILES string of the molecule is CCNC(Cc1cccc(F)c1Cl)c1cccnc1C. The molecule has 2 aromatic rings. The first-order chi connectivity index (χ1) is 9.63. The van der Waals surface area contributed by atoms with Crippen molar-refractivity contribution in [3.05, 3.63) is 64.2 Å². The number of halogens is 2. The lowest BCUT2D eigenvalue weighted by atomic mass is 9.97. The van der Waals surface area contributed by atoms with Gasteiger partial charge in [0.1, 0.15) is 5.82 Å². The van der Waals surface area contributed by atoms with E-state index in [1.165, 1.54) is 6.07 Å². The van der Waals surface area contributed by atoms with Crippen molar-refractivity contribution in [3.63, 3.8) is 0 Å². The molecule has 0 amide bonds. The number of aryl methyl sites for hydroxylation is 1. The molecule has 1 unspecified atom stereocenters. The zero-order valence-electron chi connectivity index (χ0n) is 11.7. The van der Waals surface area contributed by atoms with E-state index < -0.39 is 0 Å². The summed E-state index contributed by atoms with van der Waals surface area (Å²) >= 11 is 6.05. The first kappa shape index (κ1) is 14.9. The second-order valence-corrected chi connectivity index (χ2v) is 5.08. The van der Waals surface area contributed by atoms with E-state index in [-0.39, 0.29) is 16.9 Å². The zero-order chi connectivity index (χ0) is 14.5. The third-order valence-corrected chi connectivity index (χ3v) is 3.75. The predicted octanol–water partition coefficient (Wildman–Crippen LogP) is 4.08. The van der Waals surface area contributed by atoms with E-state index >= 15 is 0 Å². The molecule has 0 spiro atoms. The molecule has 0 fully saturated rings. The molecule has 20 heavy (non-hydrogen) atoms. The van der Waals surface area contributed by atoms with Crippen LogP contribution in [0.25, 0.3) is 0 Å². The molecule has 1 N–H and O–H groups in total. The molecular weight excluding hydrogens is 275 g/mol. The van der Waals surface area contributed by atoms with Crippen LogP contribution in [0.3, 0.4) is 0 Å². The molecule has 4 heteroatoms. The molecule has 106 valence electrons. The van der Waals surface area contributed by atoms with Crippen molar-refractivity contribution in [2.24, 2.45) is 0 Å². The molecule has 0 saturated heterocycles. The van der Waals surface area contributed by atoms with Crippen LogP contribution in [0.15, 0.2) is 36.5 Å². The monoisotopic (exact) mass is 292 g/mol. The molecular formula is C16H18ClFN2. The molecule has 1 heterocycles. The molecule has 0 bridgehead atoms. The Balaban J connectivity index is 2.31. The Morgan fingerprint density at radius 2 is 2.10 bits per heavy atom. The van der Waals surface area contributed by atoms with Crippen molar-refractivity contribution in [2.45, 2.75) is 26.3 Å². The number of aromatic nitrogens is 1. The average Bonchev–Trinajstić information content (AvgIpc) is 2.44. The Labute approximate surface area is 124 Å². The van der Waals surface area contributed by atoms with Crippen LogP contribution in [-0.4, -0.2) is 11.5 Å². The fourth-order valence-corrected chi connectivity index (χ4v) is 2.53. The zero-order valence-corrected chi connectivity index (χ0v) is 12.4. The summed E-state index contributed by atoms with van der Waals surface area (Å²) in [6, 6.07) is 8.97. The van der Waals surface area contributed by atoms with Gasteiger partial charge in [-0.05, 0) is 43.1 Å². The van der Waals surface area contributed by atoms with E-state index in [1.54, 1.807) is 12.3 Å². The van der Waals surface area contributed by atoms with Gasteiger partial charge in [-0.1, -0.05) is 36.7 Å². The topological polar surface area (TPSA) is 24.9 Å². The second kappa shape index (κ2) is 6.82. The summed E-state index contributed by atoms with van der Waals surface area (Å²) in [5, 5.41) is 3.62. The summed E-state index contributed by atoms with van der Waals surface area (Å²) < 4.78 is 13.5. The maximum atomic E-state index is 13.5. The lowest BCUT2D eigenvalue weighted by Crippen LogP contribution is -2.24. The van der Waals surface area contributed by atoms with E-state index in [1.807, 2.05) is 32.0 Å². The highest BCUT2D eigenvalue weighted by Gasteiger charge is 2.16. The van der Waals surface area contributed by atoms with Gasteiger partial charge in [-0.15, -0.1) is 0 Å². The molecule has 1 aromatic carbocycles. The number of benzene rings is 1. The van der Waals surface area contributed by atoms with Gasteiger partial charge in [-0.2, -0.15) is 0 Å². The second-order valence-electron chi connectivity index (χ2n) is 4.71. The maximum absolute atomic E-state index is 13.5. The number of rotatable bonds is 5. The number of hydrogen-bond donors (Lipinski definition) is 1. The Kier molecular flexibility index (Phi) is 5.10. The molecule has 0 saturated carbocycles. The fourth-order valence-electron chi connectivity index (χ4n) is 2.33. The summed E-state index contributed by atoms with van der Waals surface area (Å²) in [5.41, 5.74) is 2.90. The molecule has 1 atom stereocenters. The molecule has 0 aliphatic rings. The smallest absolute Gasteiger partial charge is 0.142 e. The number of hydrogen-bond acceptors (Lipinski definition) is 2. The number of likely N-dealkylation sites (N-methyl/N-ethyl adjacent to an activating group) is 1. The summed E-state index contributed by atoms with van der Waals surface area (Å²) in [6.07, 6.45) is 2.41. The van der Waals surface area contributed by atoms with Gasteiger partial charge in [-0.3, -0.25) is 4.98 Å². The Hall–Kier alpha value is -1.45. The highest BCUT2D eigenvalue weighted by molar-refractivity contribution is 6.31. The minimum absolute atomic E-state index is 0.0769. The summed E-state index contributed by atoms with van der Waals surface area (Å²) in [7, 11) is 0. The van der Waals surface area contributed by atoms with Crippen molar-refractivity contribution in [2.75, 3.05) is 6.54 Å². The third kappa shape index (κ3) is 3.35. The summed E-state index contributed by atoms with van der Waals surface area (Å²) in [5.74, 6) is -0.373. The van der Waals surface area contributed by atoms with Crippen LogP contribution < -0.4 is 5.32 Å². The third-order valence-electron chi connectivity index (χ3n) is 3.33. The van der Waals surface area contributed by atoms with Crippen molar-refractivity contribution in [1.29, 1.82) is 0 Å². The van der Waals surface area contributed by atoms with Gasteiger partial charge >= 0.3 is 0 Å². The first-order valence-electron chi connectivity index (χ1n) is 6.71. The fraction of sp³-hybridized carbons (Fsp3) is 0.312. The van der Waals surface area contributed by atoms with Gasteiger partial charge in [-0.25, -0.2) is 4.39 Å². The van der Waals surface area contributed by atoms with Crippen molar-refractivity contribution < 1.29 is 4.39 Å². The molecule has 0 aliphatic heterocycles. The van der Waals surface area contributed by atoms with Crippen molar-refractivity contribution in [3.8, 4) is 0 Å². The van der Waals surface area contributed by atoms with Crippen LogP contribution in [0.2, 0.25) is 5.02 Å². The van der Waals surface area contributed by atoms with Gasteiger partial charge < -0.3 is 5.32 Å². The van der Waals surface area contributed by atoms with Crippen LogP contribution in [0.4, 0.5) is 4.39 Å². The Bertz CT molecular complexity index is 586. The van der Waals surface area contributed by atoms with Gasteiger partial charge in [0.25, 0.3) is 0 Å². The van der Waals surface area contributed by atoms with E-state index in [9.17, 15) is 4.39 Å². The van der Waals surface area contributed by atoms with Crippen LogP contribution in [0.1, 0.15) is 29.8 Å². The van der Waals surface area contributed by atoms with E-state index in [0.29, 0.717) is 6.42 Å². The number of pyridine rings is 1. The van der Waals surface area contributed by atoms with Crippen LogP contribution in [0.5, 0.6) is 0 Å². The molecule has 2 rings (SSSR count). The van der Waals surface area contributed by atoms with Gasteiger partial charge in [0.15, 0.2) is 0 Å². The Morgan fingerprint density at radius 1 is 1.30 bits per heavy atom. The Morgan fingerprint density at radius 3 is 2.80 bits per heavy atom. The maximum Gasteiger partial charge on any atom is 0.142 e. The standard InChI is InChI=1S/C16H18ClFN2/c1-3-19-15(13-7-5-9-20-11(13)2)10-12-6-4-8-14(18)16(12)17/h4-9,15,19H,3,10H2,1-2H3. The van der Waals surface area contributed by atoms with Crippen LogP contribution >= 0.6 is 11.6 Å². The normalized spacial score (nSPS) is 12.4. The van der Waals surface area contributed by atoms with E-state index in [2.05, 4.69) is 10.3 Å². The van der Waals surface area contributed by atoms with Crippen LogP contribution in [0, 0.1) is 12.7 Å². The molecule has 2 nitrogen and oxygen atoms in total. The lowest BCUT2D eigenvalue weighted by molar-refractivity contribution is 0.542. The van der Waals surface area contributed by atoms with Gasteiger partial charge in [0.05, 0.1) is 5.02 Å². The minimum Gasteiger partial charge on any atom is -0.310 e. The highest BCUT2D eigenvalue weighted by atomic mass is 35.5. The summed E-state index contributed by atoms with van der Waals surface area (Å²) in [4.78, 5) is 4.32. The van der Waals surface area contributed by atoms with Gasteiger partial charge in [0.2, 0.25) is 0 Å².